The number of rotatable bonds is 6. The summed E-state index contributed by atoms with van der Waals surface area (Å²) in [6, 6.07) is 18.9. The van der Waals surface area contributed by atoms with Crippen molar-refractivity contribution in [2.75, 3.05) is 0 Å². The van der Waals surface area contributed by atoms with Gasteiger partial charge in [-0.1, -0.05) is 78.9 Å². The number of hydrogen-bond donors (Lipinski definition) is 14. The van der Waals surface area contributed by atoms with Crippen LogP contribution in [0.2, 0.25) is 0 Å². The van der Waals surface area contributed by atoms with Gasteiger partial charge in [0.1, 0.15) is 22.4 Å². The summed E-state index contributed by atoms with van der Waals surface area (Å²) in [5, 5.41) is 153. The second kappa shape index (κ2) is 14.5. The third-order valence-electron chi connectivity index (χ3n) is 10.8. The van der Waals surface area contributed by atoms with E-state index in [0.29, 0.717) is 10.1 Å². The number of benzene rings is 6. The molecular formula is C45H31N3O14S. The lowest BCUT2D eigenvalue weighted by molar-refractivity contribution is 0.329. The van der Waals surface area contributed by atoms with Crippen LogP contribution in [-0.4, -0.2) is 86.4 Å². The molecule has 1 aliphatic carbocycles. The zero-order chi connectivity index (χ0) is 44.8. The van der Waals surface area contributed by atoms with Crippen molar-refractivity contribution >= 4 is 37.1 Å². The Kier molecular flexibility index (Phi) is 9.10. The molecule has 316 valence electrons. The lowest BCUT2D eigenvalue weighted by Crippen LogP contribution is -2.02. The van der Waals surface area contributed by atoms with Crippen molar-refractivity contribution in [1.29, 1.82) is 0 Å². The highest BCUT2D eigenvalue weighted by atomic mass is 32.1. The highest BCUT2D eigenvalue weighted by Gasteiger charge is 2.34. The lowest BCUT2D eigenvalue weighted by Gasteiger charge is -2.18. The molecular weight excluding hydrogens is 839 g/mol. The monoisotopic (exact) mass is 869 g/mol. The van der Waals surface area contributed by atoms with Crippen LogP contribution in [0.3, 0.4) is 0 Å². The summed E-state index contributed by atoms with van der Waals surface area (Å²) in [5.41, 5.74) is 0.812. The van der Waals surface area contributed by atoms with E-state index in [1.165, 1.54) is 23.0 Å². The Hall–Kier alpha value is -8.77. The zero-order valence-corrected chi connectivity index (χ0v) is 32.7. The van der Waals surface area contributed by atoms with E-state index in [1.54, 1.807) is 6.07 Å². The third-order valence-corrected chi connectivity index (χ3v) is 12.1. The number of fused-ring (bicyclic) bond motifs is 3. The minimum atomic E-state index is -1.39. The van der Waals surface area contributed by atoms with E-state index in [2.05, 4.69) is 39.2 Å². The quantitative estimate of drug-likeness (QED) is 0.0553. The number of thiophene rings is 1. The molecule has 2 aromatic heterocycles. The SMILES string of the molecule is Oc1c(O)c(O)c(-c2nc(-c3c(O)c(O)c(O)c(O)c3O)nc(-c3c(O)c(O)c(O)c(-c4cccc5c4sc4c(-c6ccc(C7=CC=CCC7)cc6)cccc45)c3O)n2)c(O)c1O. The fourth-order valence-corrected chi connectivity index (χ4v) is 8.98. The summed E-state index contributed by atoms with van der Waals surface area (Å²) in [6.07, 6.45) is 8.13. The van der Waals surface area contributed by atoms with Gasteiger partial charge in [-0.3, -0.25) is 0 Å². The molecule has 0 unspecified atom stereocenters. The van der Waals surface area contributed by atoms with Crippen molar-refractivity contribution < 1.29 is 71.5 Å². The van der Waals surface area contributed by atoms with Gasteiger partial charge in [0.05, 0.1) is 5.56 Å². The van der Waals surface area contributed by atoms with Crippen LogP contribution in [0.4, 0.5) is 0 Å². The van der Waals surface area contributed by atoms with Crippen molar-refractivity contribution in [3.05, 3.63) is 84.5 Å². The smallest absolute Gasteiger partial charge is 0.208 e. The van der Waals surface area contributed by atoms with Crippen LogP contribution in [-0.2, 0) is 0 Å². The van der Waals surface area contributed by atoms with Crippen LogP contribution >= 0.6 is 11.3 Å². The van der Waals surface area contributed by atoms with Crippen molar-refractivity contribution in [1.82, 2.24) is 15.0 Å². The van der Waals surface area contributed by atoms with E-state index in [-0.39, 0.29) is 5.56 Å². The summed E-state index contributed by atoms with van der Waals surface area (Å²) in [7, 11) is 0. The molecule has 1 aliphatic rings. The van der Waals surface area contributed by atoms with Crippen molar-refractivity contribution in [3.63, 3.8) is 0 Å². The molecule has 0 saturated heterocycles. The van der Waals surface area contributed by atoms with Gasteiger partial charge in [-0.05, 0) is 35.1 Å². The second-order valence-electron chi connectivity index (χ2n) is 14.4. The fraction of sp³-hybridized carbons (Fsp3) is 0.0444. The van der Waals surface area contributed by atoms with Crippen LogP contribution < -0.4 is 0 Å². The number of hydrogen-bond acceptors (Lipinski definition) is 18. The molecule has 8 aromatic rings. The molecule has 0 bridgehead atoms. The molecule has 0 aliphatic heterocycles. The second-order valence-corrected chi connectivity index (χ2v) is 15.4. The largest absolute Gasteiger partial charge is 0.506 e. The molecule has 0 saturated carbocycles. The number of aromatic hydroxyl groups is 14. The summed E-state index contributed by atoms with van der Waals surface area (Å²) in [6.45, 7) is 0. The number of phenolic OH excluding ortho intramolecular Hbond substituents is 14. The van der Waals surface area contributed by atoms with E-state index in [1.807, 2.05) is 42.5 Å². The maximum absolute atomic E-state index is 12.1. The molecule has 18 heteroatoms. The molecule has 2 heterocycles. The summed E-state index contributed by atoms with van der Waals surface area (Å²) in [5.74, 6) is -21.2. The predicted octanol–water partition coefficient (Wildman–Crippen LogP) is 8.19. The Balaban J connectivity index is 1.29. The number of aromatic nitrogens is 3. The first-order valence-electron chi connectivity index (χ1n) is 18.7. The highest BCUT2D eigenvalue weighted by Crippen LogP contribution is 2.59. The average Bonchev–Trinajstić information content (AvgIpc) is 3.68. The Morgan fingerprint density at radius 1 is 0.381 bits per heavy atom. The molecule has 6 aromatic carbocycles. The molecule has 9 rings (SSSR count). The molecule has 0 radical (unpaired) electrons. The molecule has 0 atom stereocenters. The van der Waals surface area contributed by atoms with Gasteiger partial charge in [0.2, 0.25) is 40.2 Å². The number of phenols is 14. The predicted molar refractivity (Wildman–Crippen MR) is 230 cm³/mol. The summed E-state index contributed by atoms with van der Waals surface area (Å²) in [4.78, 5) is 12.0. The van der Waals surface area contributed by atoms with Gasteiger partial charge in [0, 0.05) is 25.7 Å². The van der Waals surface area contributed by atoms with E-state index >= 15 is 0 Å². The Morgan fingerprint density at radius 2 is 0.762 bits per heavy atom. The molecule has 0 spiro atoms. The van der Waals surface area contributed by atoms with E-state index < -0.39 is 120 Å². The number of nitrogens with zero attached hydrogens (tertiary/aromatic N) is 3. The standard InChI is InChI=1S/C45H31N3O14S/c49-27-23(22-11-5-10-21-20-9-4-8-19(41(20)63-42(21)22)18-14-12-17(13-15-18)16-6-2-1-3-7-16)28(50)34(56)29(51)24(27)43-46-44(25-30(52)35(57)39(61)36(58)31(25)53)48-45(47-43)26-32(54)37(59)40(62)38(60)33(26)55/h1-2,4-6,8-15,49-62H,3,7H2. The van der Waals surface area contributed by atoms with E-state index in [0.717, 1.165) is 39.6 Å². The van der Waals surface area contributed by atoms with E-state index in [9.17, 15) is 71.5 Å². The van der Waals surface area contributed by atoms with Crippen molar-refractivity contribution in [3.8, 4) is 137 Å². The normalized spacial score (nSPS) is 12.6. The van der Waals surface area contributed by atoms with Gasteiger partial charge in [-0.2, -0.15) is 0 Å². The Morgan fingerprint density at radius 3 is 1.22 bits per heavy atom. The van der Waals surface area contributed by atoms with Crippen LogP contribution in [0.15, 0.2) is 78.9 Å². The Labute approximate surface area is 356 Å². The minimum Gasteiger partial charge on any atom is -0.506 e. The third kappa shape index (κ3) is 5.95. The fourth-order valence-electron chi connectivity index (χ4n) is 7.62. The first-order valence-corrected chi connectivity index (χ1v) is 19.5. The van der Waals surface area contributed by atoms with Crippen LogP contribution in [0, 0.1) is 0 Å². The Bertz CT molecular complexity index is 3200. The first-order chi connectivity index (χ1) is 30.1. The number of allylic oxidation sites excluding steroid dienone is 4. The van der Waals surface area contributed by atoms with Crippen molar-refractivity contribution in [2.45, 2.75) is 12.8 Å². The molecule has 0 fully saturated rings. The summed E-state index contributed by atoms with van der Waals surface area (Å²) < 4.78 is 1.34. The lowest BCUT2D eigenvalue weighted by atomic mass is 9.94. The zero-order valence-electron chi connectivity index (χ0n) is 31.9. The van der Waals surface area contributed by atoms with Gasteiger partial charge in [0.15, 0.2) is 52.0 Å². The summed E-state index contributed by atoms with van der Waals surface area (Å²) >= 11 is 1.30. The van der Waals surface area contributed by atoms with Crippen LogP contribution in [0.1, 0.15) is 18.4 Å². The van der Waals surface area contributed by atoms with Gasteiger partial charge < -0.3 is 71.5 Å². The van der Waals surface area contributed by atoms with Crippen LogP contribution in [0.5, 0.6) is 80.5 Å². The van der Waals surface area contributed by atoms with Gasteiger partial charge in [0.25, 0.3) is 0 Å². The van der Waals surface area contributed by atoms with Gasteiger partial charge >= 0.3 is 0 Å². The van der Waals surface area contributed by atoms with Crippen molar-refractivity contribution in [2.24, 2.45) is 0 Å². The van der Waals surface area contributed by atoms with Gasteiger partial charge in [-0.25, -0.2) is 15.0 Å². The molecule has 0 amide bonds. The topological polar surface area (TPSA) is 322 Å². The molecule has 14 N–H and O–H groups in total. The van der Waals surface area contributed by atoms with E-state index in [4.69, 9.17) is 0 Å². The van der Waals surface area contributed by atoms with Crippen LogP contribution in [0.25, 0.3) is 82.2 Å². The maximum Gasteiger partial charge on any atom is 0.208 e. The minimum absolute atomic E-state index is 0.140. The first kappa shape index (κ1) is 39.7. The molecule has 17 nitrogen and oxygen atoms in total. The highest BCUT2D eigenvalue weighted by molar-refractivity contribution is 7.26. The maximum atomic E-state index is 12.1. The van der Waals surface area contributed by atoms with Gasteiger partial charge in [-0.15, -0.1) is 11.3 Å². The average molecular weight is 870 g/mol. The molecule has 63 heavy (non-hydrogen) atoms.